The summed E-state index contributed by atoms with van der Waals surface area (Å²) in [6.45, 7) is 4.23. The molecule has 0 atom stereocenters. The third-order valence-electron chi connectivity index (χ3n) is 3.74. The number of hydrogen-bond donors (Lipinski definition) is 2. The van der Waals surface area contributed by atoms with Crippen LogP contribution in [0.4, 0.5) is 16.3 Å². The Labute approximate surface area is 155 Å². The van der Waals surface area contributed by atoms with Gasteiger partial charge in [-0.3, -0.25) is 19.8 Å². The molecular formula is C18H17ClN4O3. The van der Waals surface area contributed by atoms with Crippen LogP contribution in [0.5, 0.6) is 0 Å². The molecule has 1 aromatic heterocycles. The summed E-state index contributed by atoms with van der Waals surface area (Å²) in [5, 5.41) is 5.61. The molecule has 0 aliphatic carbocycles. The molecule has 2 N–H and O–H groups in total. The summed E-state index contributed by atoms with van der Waals surface area (Å²) in [6, 6.07) is 7.19. The molecule has 2 heterocycles. The molecule has 0 radical (unpaired) electrons. The molecule has 7 nitrogen and oxygen atoms in total. The zero-order valence-corrected chi connectivity index (χ0v) is 15.0. The number of benzene rings is 1. The van der Waals surface area contributed by atoms with Crippen molar-refractivity contribution in [3.05, 3.63) is 52.7 Å². The largest absolute Gasteiger partial charge is 0.324 e. The van der Waals surface area contributed by atoms with Crippen molar-refractivity contribution in [1.82, 2.24) is 9.88 Å². The SMILES string of the molecule is CC(C)CN1C(=O)c2ccc(NC(=O)Nc3cc(Cl)ccn3)cc2C1=O. The number of carbonyl (C=O) groups is 3. The number of urea groups is 1. The topological polar surface area (TPSA) is 91.4 Å². The summed E-state index contributed by atoms with van der Waals surface area (Å²) in [4.78, 5) is 42.1. The van der Waals surface area contributed by atoms with E-state index < -0.39 is 6.03 Å². The highest BCUT2D eigenvalue weighted by atomic mass is 35.5. The molecule has 0 unspecified atom stereocenters. The van der Waals surface area contributed by atoms with Crippen molar-refractivity contribution >= 4 is 41.0 Å². The number of fused-ring (bicyclic) bond motifs is 1. The number of halogens is 1. The summed E-state index contributed by atoms with van der Waals surface area (Å²) < 4.78 is 0. The minimum absolute atomic E-state index is 0.172. The number of carbonyl (C=O) groups excluding carboxylic acids is 3. The highest BCUT2D eigenvalue weighted by Crippen LogP contribution is 2.26. The minimum Gasteiger partial charge on any atom is -0.308 e. The Bertz CT molecular complexity index is 898. The number of amides is 4. The molecule has 8 heteroatoms. The first-order valence-corrected chi connectivity index (χ1v) is 8.42. The summed E-state index contributed by atoms with van der Waals surface area (Å²) in [6.07, 6.45) is 1.47. The van der Waals surface area contributed by atoms with E-state index >= 15 is 0 Å². The van der Waals surface area contributed by atoms with Crippen molar-refractivity contribution < 1.29 is 14.4 Å². The van der Waals surface area contributed by atoms with E-state index in [0.717, 1.165) is 0 Å². The smallest absolute Gasteiger partial charge is 0.308 e. The van der Waals surface area contributed by atoms with Crippen LogP contribution < -0.4 is 10.6 Å². The van der Waals surface area contributed by atoms with E-state index in [2.05, 4.69) is 15.6 Å². The van der Waals surface area contributed by atoms with Gasteiger partial charge in [-0.05, 0) is 36.2 Å². The Kier molecular flexibility index (Phi) is 4.90. The maximum atomic E-state index is 12.5. The van der Waals surface area contributed by atoms with Gasteiger partial charge in [0.1, 0.15) is 5.82 Å². The molecule has 26 heavy (non-hydrogen) atoms. The van der Waals surface area contributed by atoms with Crippen molar-refractivity contribution in [2.24, 2.45) is 5.92 Å². The molecule has 0 spiro atoms. The number of rotatable bonds is 4. The number of nitrogens with one attached hydrogen (secondary N) is 2. The second-order valence-electron chi connectivity index (χ2n) is 6.31. The number of anilines is 2. The standard InChI is InChI=1S/C18H17ClN4O3/c1-10(2)9-23-16(24)13-4-3-12(8-14(13)17(23)25)21-18(26)22-15-7-11(19)5-6-20-15/h3-8,10H,9H2,1-2H3,(H2,20,21,22,26). The van der Waals surface area contributed by atoms with Gasteiger partial charge in [0.15, 0.2) is 0 Å². The highest BCUT2D eigenvalue weighted by Gasteiger charge is 2.35. The quantitative estimate of drug-likeness (QED) is 0.801. The minimum atomic E-state index is -0.532. The molecule has 0 saturated heterocycles. The summed E-state index contributed by atoms with van der Waals surface area (Å²) in [5.74, 6) is -0.187. The average molecular weight is 373 g/mol. The highest BCUT2D eigenvalue weighted by molar-refractivity contribution is 6.30. The normalized spacial score (nSPS) is 13.2. The van der Waals surface area contributed by atoms with E-state index in [0.29, 0.717) is 28.6 Å². The van der Waals surface area contributed by atoms with Crippen LogP contribution in [0, 0.1) is 5.92 Å². The fraction of sp³-hybridized carbons (Fsp3) is 0.222. The Hall–Kier alpha value is -2.93. The van der Waals surface area contributed by atoms with Crippen molar-refractivity contribution in [2.75, 3.05) is 17.2 Å². The molecule has 4 amide bonds. The van der Waals surface area contributed by atoms with E-state index in [1.54, 1.807) is 18.2 Å². The first kappa shape index (κ1) is 17.9. The second kappa shape index (κ2) is 7.13. The molecule has 0 bridgehead atoms. The van der Waals surface area contributed by atoms with E-state index in [9.17, 15) is 14.4 Å². The lowest BCUT2D eigenvalue weighted by Crippen LogP contribution is -2.33. The first-order valence-electron chi connectivity index (χ1n) is 8.05. The third kappa shape index (κ3) is 3.67. The maximum Gasteiger partial charge on any atom is 0.324 e. The predicted molar refractivity (Wildman–Crippen MR) is 98.5 cm³/mol. The van der Waals surface area contributed by atoms with Crippen LogP contribution in [0.2, 0.25) is 5.02 Å². The van der Waals surface area contributed by atoms with Crippen LogP contribution in [0.25, 0.3) is 0 Å². The fourth-order valence-electron chi connectivity index (χ4n) is 2.65. The van der Waals surface area contributed by atoms with Gasteiger partial charge >= 0.3 is 6.03 Å². The van der Waals surface area contributed by atoms with Crippen LogP contribution in [0.1, 0.15) is 34.6 Å². The molecule has 1 aliphatic rings. The van der Waals surface area contributed by atoms with Crippen molar-refractivity contribution in [1.29, 1.82) is 0 Å². The number of pyridine rings is 1. The Balaban J connectivity index is 1.74. The van der Waals surface area contributed by atoms with Gasteiger partial charge in [-0.1, -0.05) is 25.4 Å². The first-order chi connectivity index (χ1) is 12.3. The van der Waals surface area contributed by atoms with Gasteiger partial charge < -0.3 is 5.32 Å². The number of imide groups is 1. The molecule has 134 valence electrons. The summed E-state index contributed by atoms with van der Waals surface area (Å²) in [5.41, 5.74) is 1.03. The molecule has 0 fully saturated rings. The van der Waals surface area contributed by atoms with Gasteiger partial charge in [0.25, 0.3) is 11.8 Å². The number of aromatic nitrogens is 1. The van der Waals surface area contributed by atoms with Crippen LogP contribution >= 0.6 is 11.6 Å². The lowest BCUT2D eigenvalue weighted by atomic mass is 10.1. The average Bonchev–Trinajstić information content (AvgIpc) is 2.79. The zero-order valence-electron chi connectivity index (χ0n) is 14.2. The van der Waals surface area contributed by atoms with E-state index in [1.165, 1.54) is 23.2 Å². The molecular weight excluding hydrogens is 356 g/mol. The molecule has 3 rings (SSSR count). The number of nitrogens with zero attached hydrogens (tertiary/aromatic N) is 2. The van der Waals surface area contributed by atoms with Crippen LogP contribution in [0.15, 0.2) is 36.5 Å². The lowest BCUT2D eigenvalue weighted by Gasteiger charge is -2.15. The monoisotopic (exact) mass is 372 g/mol. The van der Waals surface area contributed by atoms with Gasteiger partial charge in [-0.15, -0.1) is 0 Å². The van der Waals surface area contributed by atoms with Gasteiger partial charge in [0, 0.05) is 23.5 Å². The van der Waals surface area contributed by atoms with Crippen molar-refractivity contribution in [3.63, 3.8) is 0 Å². The Morgan fingerprint density at radius 2 is 1.85 bits per heavy atom. The van der Waals surface area contributed by atoms with Crippen LogP contribution in [-0.2, 0) is 0 Å². The van der Waals surface area contributed by atoms with Crippen LogP contribution in [-0.4, -0.2) is 34.3 Å². The van der Waals surface area contributed by atoms with Gasteiger partial charge in [0.2, 0.25) is 0 Å². The Morgan fingerprint density at radius 1 is 1.12 bits per heavy atom. The number of hydrogen-bond acceptors (Lipinski definition) is 4. The Morgan fingerprint density at radius 3 is 2.54 bits per heavy atom. The predicted octanol–water partition coefficient (Wildman–Crippen LogP) is 3.63. The molecule has 1 aromatic carbocycles. The summed E-state index contributed by atoms with van der Waals surface area (Å²) >= 11 is 5.85. The second-order valence-corrected chi connectivity index (χ2v) is 6.75. The summed E-state index contributed by atoms with van der Waals surface area (Å²) in [7, 11) is 0. The van der Waals surface area contributed by atoms with E-state index in [-0.39, 0.29) is 23.3 Å². The fourth-order valence-corrected chi connectivity index (χ4v) is 2.81. The van der Waals surface area contributed by atoms with E-state index in [1.807, 2.05) is 13.8 Å². The molecule has 0 saturated carbocycles. The molecule has 1 aliphatic heterocycles. The van der Waals surface area contributed by atoms with E-state index in [4.69, 9.17) is 11.6 Å². The zero-order chi connectivity index (χ0) is 18.8. The van der Waals surface area contributed by atoms with Crippen molar-refractivity contribution in [2.45, 2.75) is 13.8 Å². The molecule has 2 aromatic rings. The van der Waals surface area contributed by atoms with Crippen LogP contribution in [0.3, 0.4) is 0 Å². The van der Waals surface area contributed by atoms with Crippen molar-refractivity contribution in [3.8, 4) is 0 Å². The van der Waals surface area contributed by atoms with Gasteiger partial charge in [-0.2, -0.15) is 0 Å². The van der Waals surface area contributed by atoms with Gasteiger partial charge in [-0.25, -0.2) is 9.78 Å². The van der Waals surface area contributed by atoms with Gasteiger partial charge in [0.05, 0.1) is 11.1 Å². The third-order valence-corrected chi connectivity index (χ3v) is 3.97. The maximum absolute atomic E-state index is 12.5. The lowest BCUT2D eigenvalue weighted by molar-refractivity contribution is 0.0636.